The highest BCUT2D eigenvalue weighted by Crippen LogP contribution is 2.17. The standard InChI is InChI=1S/C12H20ClN3/c13-11-12-5-2-1-3-7-15(12)9-10-16-8-4-6-14-16/h4,6,8,12H,1-3,5,7,9-11H2. The second kappa shape index (κ2) is 6.26. The van der Waals surface area contributed by atoms with Gasteiger partial charge >= 0.3 is 0 Å². The third kappa shape index (κ3) is 3.22. The minimum atomic E-state index is 0.569. The van der Waals surface area contributed by atoms with E-state index in [-0.39, 0.29) is 0 Å². The first-order valence-corrected chi connectivity index (χ1v) is 6.71. The van der Waals surface area contributed by atoms with Crippen LogP contribution in [0.5, 0.6) is 0 Å². The normalized spacial score (nSPS) is 23.2. The number of likely N-dealkylation sites (tertiary alicyclic amines) is 1. The SMILES string of the molecule is ClCC1CCCCCN1CCn1cccn1. The van der Waals surface area contributed by atoms with Crippen molar-refractivity contribution in [2.45, 2.75) is 38.3 Å². The Morgan fingerprint density at radius 2 is 2.19 bits per heavy atom. The first kappa shape index (κ1) is 11.9. The van der Waals surface area contributed by atoms with Crippen molar-refractivity contribution in [2.75, 3.05) is 19.0 Å². The average Bonchev–Trinajstić information content (AvgIpc) is 2.71. The van der Waals surface area contributed by atoms with Gasteiger partial charge in [0.2, 0.25) is 0 Å². The Kier molecular flexibility index (Phi) is 4.67. The quantitative estimate of drug-likeness (QED) is 0.755. The number of nitrogens with zero attached hydrogens (tertiary/aromatic N) is 3. The van der Waals surface area contributed by atoms with Gasteiger partial charge in [-0.1, -0.05) is 12.8 Å². The maximum absolute atomic E-state index is 6.04. The molecule has 1 atom stereocenters. The smallest absolute Gasteiger partial charge is 0.0536 e. The van der Waals surface area contributed by atoms with Crippen LogP contribution in [0.1, 0.15) is 25.7 Å². The van der Waals surface area contributed by atoms with Crippen LogP contribution in [-0.2, 0) is 6.54 Å². The van der Waals surface area contributed by atoms with Crippen LogP contribution in [0.3, 0.4) is 0 Å². The van der Waals surface area contributed by atoms with Crippen molar-refractivity contribution in [1.82, 2.24) is 14.7 Å². The molecule has 3 nitrogen and oxygen atoms in total. The highest BCUT2D eigenvalue weighted by atomic mass is 35.5. The third-order valence-electron chi connectivity index (χ3n) is 3.35. The van der Waals surface area contributed by atoms with Gasteiger partial charge in [0.25, 0.3) is 0 Å². The lowest BCUT2D eigenvalue weighted by Gasteiger charge is -2.28. The van der Waals surface area contributed by atoms with Gasteiger partial charge in [0.05, 0.1) is 6.54 Å². The summed E-state index contributed by atoms with van der Waals surface area (Å²) < 4.78 is 2.00. The summed E-state index contributed by atoms with van der Waals surface area (Å²) in [5.74, 6) is 0.763. The molecule has 16 heavy (non-hydrogen) atoms. The number of rotatable bonds is 4. The fraction of sp³-hybridized carbons (Fsp3) is 0.750. The minimum Gasteiger partial charge on any atom is -0.297 e. The van der Waals surface area contributed by atoms with Crippen LogP contribution in [-0.4, -0.2) is 39.7 Å². The van der Waals surface area contributed by atoms with Crippen LogP contribution in [0.25, 0.3) is 0 Å². The van der Waals surface area contributed by atoms with E-state index in [4.69, 9.17) is 11.6 Å². The number of alkyl halides is 1. The first-order chi connectivity index (χ1) is 7.90. The highest BCUT2D eigenvalue weighted by molar-refractivity contribution is 6.18. The molecule has 1 saturated heterocycles. The molecule has 1 aliphatic rings. The Labute approximate surface area is 102 Å². The molecule has 1 unspecified atom stereocenters. The molecule has 90 valence electrons. The van der Waals surface area contributed by atoms with Gasteiger partial charge in [-0.15, -0.1) is 11.6 Å². The van der Waals surface area contributed by atoms with E-state index in [1.54, 1.807) is 0 Å². The maximum Gasteiger partial charge on any atom is 0.0536 e. The van der Waals surface area contributed by atoms with Crippen molar-refractivity contribution < 1.29 is 0 Å². The average molecular weight is 242 g/mol. The first-order valence-electron chi connectivity index (χ1n) is 6.17. The van der Waals surface area contributed by atoms with Crippen molar-refractivity contribution in [3.05, 3.63) is 18.5 Å². The molecule has 0 radical (unpaired) electrons. The summed E-state index contributed by atoms with van der Waals surface area (Å²) in [6, 6.07) is 2.54. The van der Waals surface area contributed by atoms with E-state index >= 15 is 0 Å². The van der Waals surface area contributed by atoms with Crippen LogP contribution >= 0.6 is 11.6 Å². The summed E-state index contributed by atoms with van der Waals surface area (Å²) in [4.78, 5) is 2.53. The minimum absolute atomic E-state index is 0.569. The van der Waals surface area contributed by atoms with Crippen molar-refractivity contribution in [1.29, 1.82) is 0 Å². The summed E-state index contributed by atoms with van der Waals surface area (Å²) in [6.07, 6.45) is 9.10. The molecule has 1 aromatic rings. The number of hydrogen-bond acceptors (Lipinski definition) is 2. The van der Waals surface area contributed by atoms with E-state index in [0.717, 1.165) is 19.0 Å². The molecular formula is C12H20ClN3. The zero-order valence-corrected chi connectivity index (χ0v) is 10.4. The largest absolute Gasteiger partial charge is 0.297 e. The summed E-state index contributed by atoms with van der Waals surface area (Å²) in [5.41, 5.74) is 0. The Morgan fingerprint density at radius 1 is 1.25 bits per heavy atom. The van der Waals surface area contributed by atoms with E-state index in [9.17, 15) is 0 Å². The fourth-order valence-corrected chi connectivity index (χ4v) is 2.72. The van der Waals surface area contributed by atoms with Crippen LogP contribution in [0.2, 0.25) is 0 Å². The Morgan fingerprint density at radius 3 is 2.94 bits per heavy atom. The van der Waals surface area contributed by atoms with Gasteiger partial charge in [-0.05, 0) is 25.5 Å². The molecule has 1 aliphatic heterocycles. The highest BCUT2D eigenvalue weighted by Gasteiger charge is 2.19. The Bertz CT molecular complexity index is 286. The molecule has 0 aliphatic carbocycles. The van der Waals surface area contributed by atoms with Gasteiger partial charge < -0.3 is 0 Å². The van der Waals surface area contributed by atoms with Gasteiger partial charge in [0.1, 0.15) is 0 Å². The van der Waals surface area contributed by atoms with Gasteiger partial charge in [-0.2, -0.15) is 5.10 Å². The van der Waals surface area contributed by atoms with Crippen LogP contribution in [0.15, 0.2) is 18.5 Å². The second-order valence-electron chi connectivity index (χ2n) is 4.46. The van der Waals surface area contributed by atoms with E-state index in [1.165, 1.54) is 32.2 Å². The fourth-order valence-electron chi connectivity index (χ4n) is 2.37. The Hall–Kier alpha value is -0.540. The lowest BCUT2D eigenvalue weighted by atomic mass is 10.1. The van der Waals surface area contributed by atoms with E-state index < -0.39 is 0 Å². The predicted octanol–water partition coefficient (Wildman–Crippen LogP) is 2.37. The number of hydrogen-bond donors (Lipinski definition) is 0. The number of aromatic nitrogens is 2. The molecule has 1 fully saturated rings. The topological polar surface area (TPSA) is 21.1 Å². The monoisotopic (exact) mass is 241 g/mol. The molecule has 0 N–H and O–H groups in total. The van der Waals surface area contributed by atoms with Gasteiger partial charge in [0.15, 0.2) is 0 Å². The molecule has 1 aromatic heterocycles. The van der Waals surface area contributed by atoms with Crippen molar-refractivity contribution in [3.63, 3.8) is 0 Å². The molecule has 0 bridgehead atoms. The molecule has 0 spiro atoms. The zero-order chi connectivity index (χ0) is 11.2. The molecule has 0 amide bonds. The van der Waals surface area contributed by atoms with E-state index in [0.29, 0.717) is 6.04 Å². The number of halogens is 1. The summed E-state index contributed by atoms with van der Waals surface area (Å²) >= 11 is 6.04. The van der Waals surface area contributed by atoms with Crippen LogP contribution in [0.4, 0.5) is 0 Å². The van der Waals surface area contributed by atoms with Crippen LogP contribution in [0, 0.1) is 0 Å². The summed E-state index contributed by atoms with van der Waals surface area (Å²) in [6.45, 7) is 3.23. The predicted molar refractivity (Wildman–Crippen MR) is 66.8 cm³/mol. The van der Waals surface area contributed by atoms with E-state index in [1.807, 2.05) is 23.1 Å². The van der Waals surface area contributed by atoms with Gasteiger partial charge in [-0.3, -0.25) is 9.58 Å². The summed E-state index contributed by atoms with van der Waals surface area (Å²) in [5, 5.41) is 4.23. The molecule has 2 heterocycles. The summed E-state index contributed by atoms with van der Waals surface area (Å²) in [7, 11) is 0. The zero-order valence-electron chi connectivity index (χ0n) is 9.69. The second-order valence-corrected chi connectivity index (χ2v) is 4.77. The molecule has 4 heteroatoms. The molecule has 0 aromatic carbocycles. The van der Waals surface area contributed by atoms with Crippen molar-refractivity contribution in [3.8, 4) is 0 Å². The van der Waals surface area contributed by atoms with Crippen molar-refractivity contribution >= 4 is 11.6 Å². The molecule has 2 rings (SSSR count). The lowest BCUT2D eigenvalue weighted by molar-refractivity contribution is 0.205. The lowest BCUT2D eigenvalue weighted by Crippen LogP contribution is -2.38. The van der Waals surface area contributed by atoms with Crippen LogP contribution < -0.4 is 0 Å². The maximum atomic E-state index is 6.04. The van der Waals surface area contributed by atoms with E-state index in [2.05, 4.69) is 10.00 Å². The molecular weight excluding hydrogens is 222 g/mol. The molecule has 0 saturated carbocycles. The van der Waals surface area contributed by atoms with Crippen molar-refractivity contribution in [2.24, 2.45) is 0 Å². The van der Waals surface area contributed by atoms with Gasteiger partial charge in [0, 0.05) is 30.9 Å². The van der Waals surface area contributed by atoms with Gasteiger partial charge in [-0.25, -0.2) is 0 Å². The Balaban J connectivity index is 1.85. The third-order valence-corrected chi connectivity index (χ3v) is 3.71.